The van der Waals surface area contributed by atoms with E-state index in [4.69, 9.17) is 9.72 Å². The van der Waals surface area contributed by atoms with E-state index in [1.807, 2.05) is 18.3 Å². The lowest BCUT2D eigenvalue weighted by Gasteiger charge is -2.32. The summed E-state index contributed by atoms with van der Waals surface area (Å²) in [4.78, 5) is 15.9. The van der Waals surface area contributed by atoms with Crippen molar-refractivity contribution < 1.29 is 13.2 Å². The maximum atomic E-state index is 12.1. The third-order valence-corrected chi connectivity index (χ3v) is 6.58. The molecule has 0 N–H and O–H groups in total. The Bertz CT molecular complexity index is 916. The molecule has 4 rings (SSSR count). The van der Waals surface area contributed by atoms with Gasteiger partial charge < -0.3 is 9.64 Å². The fourth-order valence-corrected chi connectivity index (χ4v) is 4.73. The Hall–Kier alpha value is -2.10. The van der Waals surface area contributed by atoms with Crippen LogP contribution in [0.1, 0.15) is 24.5 Å². The molecule has 2 aliphatic heterocycles. The van der Waals surface area contributed by atoms with Crippen LogP contribution in [-0.4, -0.2) is 73.3 Å². The van der Waals surface area contributed by atoms with Gasteiger partial charge in [0, 0.05) is 61.8 Å². The minimum atomic E-state index is -3.22. The van der Waals surface area contributed by atoms with Crippen LogP contribution in [-0.2, 0) is 14.8 Å². The van der Waals surface area contributed by atoms with Gasteiger partial charge in [-0.1, -0.05) is 6.07 Å². The quantitative estimate of drug-likeness (QED) is 0.765. The van der Waals surface area contributed by atoms with Gasteiger partial charge in [0.15, 0.2) is 0 Å². The molecule has 150 valence electrons. The van der Waals surface area contributed by atoms with E-state index < -0.39 is 10.0 Å². The highest BCUT2D eigenvalue weighted by molar-refractivity contribution is 7.88. The van der Waals surface area contributed by atoms with Gasteiger partial charge in [-0.2, -0.15) is 0 Å². The molecule has 2 aliphatic rings. The molecule has 1 atom stereocenters. The first-order chi connectivity index (χ1) is 13.5. The Morgan fingerprint density at radius 3 is 2.71 bits per heavy atom. The first-order valence-electron chi connectivity index (χ1n) is 9.57. The van der Waals surface area contributed by atoms with Crippen molar-refractivity contribution in [3.8, 4) is 11.1 Å². The lowest BCUT2D eigenvalue weighted by Crippen LogP contribution is -2.39. The van der Waals surface area contributed by atoms with E-state index in [0.717, 1.165) is 42.8 Å². The molecule has 0 saturated carbocycles. The zero-order valence-corrected chi connectivity index (χ0v) is 16.8. The smallest absolute Gasteiger partial charge is 0.225 e. The summed E-state index contributed by atoms with van der Waals surface area (Å²) in [6.45, 7) is 3.85. The van der Waals surface area contributed by atoms with Crippen molar-refractivity contribution in [2.24, 2.45) is 0 Å². The number of ether oxygens (including phenoxy) is 1. The number of hydrogen-bond donors (Lipinski definition) is 0. The maximum absolute atomic E-state index is 12.1. The Morgan fingerprint density at radius 2 is 2.00 bits per heavy atom. The van der Waals surface area contributed by atoms with Gasteiger partial charge in [0.1, 0.15) is 0 Å². The first-order valence-corrected chi connectivity index (χ1v) is 11.4. The second kappa shape index (κ2) is 8.10. The molecule has 1 unspecified atom stereocenters. The third kappa shape index (κ3) is 4.16. The summed E-state index contributed by atoms with van der Waals surface area (Å²) >= 11 is 0. The van der Waals surface area contributed by atoms with E-state index in [0.29, 0.717) is 32.3 Å². The second-order valence-corrected chi connectivity index (χ2v) is 9.25. The number of aromatic nitrogens is 3. The summed E-state index contributed by atoms with van der Waals surface area (Å²) in [5.74, 6) is 0.712. The predicted molar refractivity (Wildman–Crippen MR) is 107 cm³/mol. The van der Waals surface area contributed by atoms with Crippen molar-refractivity contribution in [3.05, 3.63) is 36.4 Å². The lowest BCUT2D eigenvalue weighted by atomic mass is 9.91. The molecule has 2 aromatic heterocycles. The van der Waals surface area contributed by atoms with Gasteiger partial charge in [-0.3, -0.25) is 4.98 Å². The molecule has 8 nitrogen and oxygen atoms in total. The highest BCUT2D eigenvalue weighted by Gasteiger charge is 2.30. The zero-order valence-electron chi connectivity index (χ0n) is 16.0. The van der Waals surface area contributed by atoms with Crippen molar-refractivity contribution in [2.45, 2.75) is 18.8 Å². The molecule has 0 amide bonds. The van der Waals surface area contributed by atoms with E-state index in [1.165, 1.54) is 6.26 Å². The van der Waals surface area contributed by atoms with Crippen molar-refractivity contribution in [3.63, 3.8) is 0 Å². The van der Waals surface area contributed by atoms with Crippen molar-refractivity contribution in [1.82, 2.24) is 19.3 Å². The Kier molecular flexibility index (Phi) is 5.56. The van der Waals surface area contributed by atoms with Crippen molar-refractivity contribution in [2.75, 3.05) is 50.5 Å². The van der Waals surface area contributed by atoms with E-state index in [1.54, 1.807) is 16.7 Å². The Morgan fingerprint density at radius 1 is 1.18 bits per heavy atom. The van der Waals surface area contributed by atoms with Crippen molar-refractivity contribution >= 4 is 16.0 Å². The molecular weight excluding hydrogens is 378 g/mol. The van der Waals surface area contributed by atoms with Gasteiger partial charge in [-0.25, -0.2) is 22.7 Å². The lowest BCUT2D eigenvalue weighted by molar-refractivity contribution is 0.122. The number of anilines is 1. The van der Waals surface area contributed by atoms with Crippen LogP contribution in [0.3, 0.4) is 0 Å². The summed E-state index contributed by atoms with van der Waals surface area (Å²) in [5, 5.41) is 0. The highest BCUT2D eigenvalue weighted by atomic mass is 32.2. The molecular formula is C19H25N5O3S. The van der Waals surface area contributed by atoms with Gasteiger partial charge in [0.05, 0.1) is 25.2 Å². The fraction of sp³-hybridized carbons (Fsp3) is 0.526. The molecule has 0 spiro atoms. The predicted octanol–water partition coefficient (Wildman–Crippen LogP) is 1.51. The first kappa shape index (κ1) is 19.2. The summed E-state index contributed by atoms with van der Waals surface area (Å²) in [5.41, 5.74) is 2.77. The van der Waals surface area contributed by atoms with Gasteiger partial charge in [0.2, 0.25) is 16.0 Å². The summed E-state index contributed by atoms with van der Waals surface area (Å²) in [6.07, 6.45) is 8.38. The van der Waals surface area contributed by atoms with E-state index in [-0.39, 0.29) is 5.92 Å². The van der Waals surface area contributed by atoms with Crippen molar-refractivity contribution in [1.29, 1.82) is 0 Å². The normalized spacial score (nSPS) is 21.6. The number of morpholine rings is 1. The highest BCUT2D eigenvalue weighted by Crippen LogP contribution is 2.34. The van der Waals surface area contributed by atoms with Crippen LogP contribution in [0.5, 0.6) is 0 Å². The van der Waals surface area contributed by atoms with Crippen LogP contribution in [0.4, 0.5) is 5.95 Å². The van der Waals surface area contributed by atoms with Crippen LogP contribution < -0.4 is 4.90 Å². The zero-order chi connectivity index (χ0) is 19.6. The number of piperidine rings is 1. The Balaban J connectivity index is 1.73. The number of pyridine rings is 1. The van der Waals surface area contributed by atoms with Crippen LogP contribution in [0.25, 0.3) is 11.1 Å². The van der Waals surface area contributed by atoms with E-state index in [2.05, 4.69) is 14.9 Å². The number of sulfonamides is 1. The molecule has 4 heterocycles. The van der Waals surface area contributed by atoms with Crippen LogP contribution in [0.15, 0.2) is 30.7 Å². The molecule has 2 aromatic rings. The molecule has 9 heteroatoms. The van der Waals surface area contributed by atoms with Crippen LogP contribution in [0, 0.1) is 0 Å². The maximum Gasteiger partial charge on any atom is 0.225 e. The molecule has 28 heavy (non-hydrogen) atoms. The second-order valence-electron chi connectivity index (χ2n) is 7.27. The molecule has 0 aliphatic carbocycles. The molecule has 0 aromatic carbocycles. The SMILES string of the molecule is CS(=O)(=O)N1CCCC(c2nc(N3CCOCC3)ncc2-c2cccnc2)C1. The minimum absolute atomic E-state index is 0.0291. The summed E-state index contributed by atoms with van der Waals surface area (Å²) in [6, 6.07) is 3.87. The van der Waals surface area contributed by atoms with Crippen LogP contribution in [0.2, 0.25) is 0 Å². The Labute approximate surface area is 165 Å². The van der Waals surface area contributed by atoms with Gasteiger partial charge >= 0.3 is 0 Å². The number of nitrogens with zero attached hydrogens (tertiary/aromatic N) is 5. The molecule has 2 fully saturated rings. The average Bonchev–Trinajstić information content (AvgIpc) is 2.74. The largest absolute Gasteiger partial charge is 0.378 e. The monoisotopic (exact) mass is 403 g/mol. The van der Waals surface area contributed by atoms with Gasteiger partial charge in [0.25, 0.3) is 0 Å². The third-order valence-electron chi connectivity index (χ3n) is 5.31. The molecule has 2 saturated heterocycles. The average molecular weight is 404 g/mol. The topological polar surface area (TPSA) is 88.5 Å². The number of hydrogen-bond acceptors (Lipinski definition) is 7. The summed E-state index contributed by atoms with van der Waals surface area (Å²) in [7, 11) is -3.22. The molecule has 0 radical (unpaired) electrons. The minimum Gasteiger partial charge on any atom is -0.378 e. The van der Waals surface area contributed by atoms with Gasteiger partial charge in [-0.15, -0.1) is 0 Å². The standard InChI is InChI=1S/C19H25N5O3S/c1-28(25,26)24-7-3-5-16(14-24)18-17(15-4-2-6-20-12-15)13-21-19(22-18)23-8-10-27-11-9-23/h2,4,6,12-13,16H,3,5,7-11,14H2,1H3. The van der Waals surface area contributed by atoms with E-state index >= 15 is 0 Å². The summed E-state index contributed by atoms with van der Waals surface area (Å²) < 4.78 is 31.2. The fourth-order valence-electron chi connectivity index (χ4n) is 3.82. The van der Waals surface area contributed by atoms with Crippen LogP contribution >= 0.6 is 0 Å². The molecule has 0 bridgehead atoms. The van der Waals surface area contributed by atoms with E-state index in [9.17, 15) is 8.42 Å². The number of rotatable bonds is 4. The van der Waals surface area contributed by atoms with Gasteiger partial charge in [-0.05, 0) is 18.9 Å².